The van der Waals surface area contributed by atoms with Gasteiger partial charge in [0, 0.05) is 67.5 Å². The number of ether oxygens (including phenoxy) is 1. The Kier molecular flexibility index (Phi) is 12.2. The molecular formula is C44H50F2N10O3. The predicted molar refractivity (Wildman–Crippen MR) is 226 cm³/mol. The van der Waals surface area contributed by atoms with E-state index in [1.165, 1.54) is 0 Å². The largest absolute Gasteiger partial charge is 0.488 e. The SMILES string of the molecule is Cc1ccc(-n2nc(C(C)(C)C)cc2NC(=O)Nc2ccc(OCc3ccnc(CNC4=CN=C(C(=O)NCCN5CCC(F)(F)CC5)CN4)c3)c3ccccc23)cc1. The molecule has 1 saturated heterocycles. The minimum atomic E-state index is -2.59. The average molecular weight is 805 g/mol. The van der Waals surface area contributed by atoms with Gasteiger partial charge in [-0.25, -0.2) is 23.2 Å². The zero-order chi connectivity index (χ0) is 41.6. The summed E-state index contributed by atoms with van der Waals surface area (Å²) in [5, 5.41) is 21.8. The molecule has 3 amide bonds. The number of alkyl halides is 2. The predicted octanol–water partition coefficient (Wildman–Crippen LogP) is 7.03. The molecule has 0 atom stereocenters. The number of likely N-dealkylation sites (tertiary alicyclic amines) is 1. The molecule has 5 N–H and O–H groups in total. The van der Waals surface area contributed by atoms with Crippen molar-refractivity contribution in [1.29, 1.82) is 0 Å². The summed E-state index contributed by atoms with van der Waals surface area (Å²) in [5.41, 5.74) is 5.29. The fourth-order valence-corrected chi connectivity index (χ4v) is 6.75. The van der Waals surface area contributed by atoms with Gasteiger partial charge in [-0.2, -0.15) is 5.10 Å². The normalized spacial score (nSPS) is 15.4. The van der Waals surface area contributed by atoms with Crippen molar-refractivity contribution in [3.05, 3.63) is 120 Å². The van der Waals surface area contributed by atoms with E-state index in [-0.39, 0.29) is 30.7 Å². The van der Waals surface area contributed by atoms with E-state index in [4.69, 9.17) is 9.84 Å². The first-order valence-corrected chi connectivity index (χ1v) is 19.8. The molecule has 1 fully saturated rings. The highest BCUT2D eigenvalue weighted by molar-refractivity contribution is 6.40. The number of piperidine rings is 1. The van der Waals surface area contributed by atoms with Gasteiger partial charge in [0.1, 0.15) is 29.7 Å². The second-order valence-electron chi connectivity index (χ2n) is 15.9. The van der Waals surface area contributed by atoms with Gasteiger partial charge in [-0.1, -0.05) is 62.7 Å². The van der Waals surface area contributed by atoms with Crippen molar-refractivity contribution in [3.8, 4) is 11.4 Å². The maximum atomic E-state index is 13.5. The van der Waals surface area contributed by atoms with E-state index in [2.05, 4.69) is 57.3 Å². The number of aliphatic imine (C=N–C) groups is 1. The molecule has 0 aliphatic carbocycles. The molecule has 3 aromatic carbocycles. The van der Waals surface area contributed by atoms with Crippen LogP contribution in [0.5, 0.6) is 5.75 Å². The molecule has 13 nitrogen and oxygen atoms in total. The molecule has 308 valence electrons. The van der Waals surface area contributed by atoms with Crippen molar-refractivity contribution < 1.29 is 23.1 Å². The summed E-state index contributed by atoms with van der Waals surface area (Å²) in [6, 6.07) is 24.8. The van der Waals surface area contributed by atoms with E-state index in [0.29, 0.717) is 68.1 Å². The van der Waals surface area contributed by atoms with Gasteiger partial charge >= 0.3 is 6.03 Å². The Morgan fingerprint density at radius 1 is 0.949 bits per heavy atom. The molecule has 0 saturated carbocycles. The molecule has 0 spiro atoms. The number of benzene rings is 3. The van der Waals surface area contributed by atoms with Crippen LogP contribution in [0.15, 0.2) is 102 Å². The number of hydrogen-bond acceptors (Lipinski definition) is 9. The average Bonchev–Trinajstić information content (AvgIpc) is 3.65. The van der Waals surface area contributed by atoms with E-state index in [1.54, 1.807) is 17.1 Å². The van der Waals surface area contributed by atoms with Crippen LogP contribution in [-0.4, -0.2) is 76.0 Å². The van der Waals surface area contributed by atoms with E-state index in [9.17, 15) is 18.4 Å². The van der Waals surface area contributed by atoms with Crippen molar-refractivity contribution in [2.24, 2.45) is 4.99 Å². The number of fused-ring (bicyclic) bond motifs is 1. The van der Waals surface area contributed by atoms with E-state index in [1.807, 2.05) is 90.7 Å². The number of aromatic nitrogens is 3. The molecule has 7 rings (SSSR count). The molecule has 15 heteroatoms. The van der Waals surface area contributed by atoms with Crippen LogP contribution < -0.4 is 31.3 Å². The second-order valence-corrected chi connectivity index (χ2v) is 15.9. The monoisotopic (exact) mass is 804 g/mol. The smallest absolute Gasteiger partial charge is 0.324 e. The van der Waals surface area contributed by atoms with Crippen molar-refractivity contribution in [2.75, 3.05) is 43.4 Å². The Bertz CT molecular complexity index is 2360. The van der Waals surface area contributed by atoms with Crippen molar-refractivity contribution in [3.63, 3.8) is 0 Å². The molecule has 0 radical (unpaired) electrons. The molecular weight excluding hydrogens is 755 g/mol. The van der Waals surface area contributed by atoms with Crippen molar-refractivity contribution in [1.82, 2.24) is 35.6 Å². The molecule has 5 aromatic rings. The van der Waals surface area contributed by atoms with Crippen LogP contribution in [0.4, 0.5) is 25.1 Å². The van der Waals surface area contributed by atoms with Crippen LogP contribution in [0.1, 0.15) is 56.1 Å². The highest BCUT2D eigenvalue weighted by Gasteiger charge is 2.33. The van der Waals surface area contributed by atoms with Gasteiger partial charge in [-0.05, 0) is 48.9 Å². The number of amides is 3. The number of nitrogens with zero attached hydrogens (tertiary/aromatic N) is 5. The second kappa shape index (κ2) is 17.6. The van der Waals surface area contributed by atoms with Gasteiger partial charge < -0.3 is 30.9 Å². The van der Waals surface area contributed by atoms with Crippen LogP contribution in [0.25, 0.3) is 16.5 Å². The molecule has 0 unspecified atom stereocenters. The van der Waals surface area contributed by atoms with Gasteiger partial charge in [0.05, 0.1) is 42.1 Å². The number of hydrogen-bond donors (Lipinski definition) is 5. The minimum absolute atomic E-state index is 0.148. The number of carbonyl (C=O) groups is 2. The Morgan fingerprint density at radius 2 is 1.71 bits per heavy atom. The Balaban J connectivity index is 0.929. The Labute approximate surface area is 342 Å². The van der Waals surface area contributed by atoms with Crippen LogP contribution in [0.3, 0.4) is 0 Å². The summed E-state index contributed by atoms with van der Waals surface area (Å²) < 4.78 is 34.9. The Hall–Kier alpha value is -6.35. The fraction of sp³-hybridized carbons (Fsp3) is 0.341. The minimum Gasteiger partial charge on any atom is -0.488 e. The summed E-state index contributed by atoms with van der Waals surface area (Å²) in [5.74, 6) is -1.00. The molecule has 0 bridgehead atoms. The zero-order valence-electron chi connectivity index (χ0n) is 33.7. The highest BCUT2D eigenvalue weighted by atomic mass is 19.3. The van der Waals surface area contributed by atoms with Crippen molar-refractivity contribution in [2.45, 2.75) is 65.0 Å². The standard InChI is InChI=1S/C44H50F2N10O3/c1-29-9-11-32(12-10-29)56-40(24-38(54-56)43(2,3)4)53-42(58)52-35-13-14-37(34-8-6-5-7-33(34)35)59-28-30-15-18-47-31(23-30)25-50-39-27-49-36(26-51-39)41(57)48-19-22-55-20-16-44(45,46)17-21-55/h5-15,18,23-24,27,50-51H,16-17,19-22,25-26,28H2,1-4H3,(H,48,57)(H2,52,53,58). The first kappa shape index (κ1) is 40.8. The van der Waals surface area contributed by atoms with Crippen molar-refractivity contribution >= 4 is 39.9 Å². The number of halogens is 2. The van der Waals surface area contributed by atoms with Gasteiger partial charge in [0.15, 0.2) is 0 Å². The summed E-state index contributed by atoms with van der Waals surface area (Å²) in [6.07, 6.45) is 3.00. The third kappa shape index (κ3) is 10.6. The fourth-order valence-electron chi connectivity index (χ4n) is 6.75. The molecule has 2 aliphatic rings. The number of rotatable bonds is 13. The lowest BCUT2D eigenvalue weighted by atomic mass is 9.92. The third-order valence-corrected chi connectivity index (χ3v) is 10.2. The van der Waals surface area contributed by atoms with Crippen LogP contribution >= 0.6 is 0 Å². The summed E-state index contributed by atoms with van der Waals surface area (Å²) in [6.45, 7) is 10.8. The first-order chi connectivity index (χ1) is 28.3. The quantitative estimate of drug-likeness (QED) is 0.0852. The van der Waals surface area contributed by atoms with E-state index >= 15 is 0 Å². The van der Waals surface area contributed by atoms with Gasteiger partial charge in [0.2, 0.25) is 0 Å². The van der Waals surface area contributed by atoms with Crippen LogP contribution in [-0.2, 0) is 23.4 Å². The molecule has 2 aromatic heterocycles. The van der Waals surface area contributed by atoms with E-state index in [0.717, 1.165) is 39.0 Å². The van der Waals surface area contributed by atoms with Gasteiger partial charge in [-0.15, -0.1) is 0 Å². The topological polar surface area (TPSA) is 150 Å². The number of pyridine rings is 1. The lowest BCUT2D eigenvalue weighted by Gasteiger charge is -2.31. The van der Waals surface area contributed by atoms with Crippen LogP contribution in [0, 0.1) is 6.92 Å². The maximum Gasteiger partial charge on any atom is 0.324 e. The zero-order valence-corrected chi connectivity index (χ0v) is 33.7. The summed E-state index contributed by atoms with van der Waals surface area (Å²) in [4.78, 5) is 36.8. The summed E-state index contributed by atoms with van der Waals surface area (Å²) in [7, 11) is 0. The molecule has 4 heterocycles. The maximum absolute atomic E-state index is 13.5. The van der Waals surface area contributed by atoms with Gasteiger partial charge in [-0.3, -0.25) is 15.1 Å². The number of urea groups is 1. The first-order valence-electron chi connectivity index (χ1n) is 19.8. The molecule has 59 heavy (non-hydrogen) atoms. The molecule has 2 aliphatic heterocycles. The number of carbonyl (C=O) groups excluding carboxylic acids is 2. The lowest BCUT2D eigenvalue weighted by molar-refractivity contribution is -0.115. The number of anilines is 2. The Morgan fingerprint density at radius 3 is 2.44 bits per heavy atom. The number of aryl methyl sites for hydroxylation is 1. The lowest BCUT2D eigenvalue weighted by Crippen LogP contribution is -2.45. The van der Waals surface area contributed by atoms with Gasteiger partial charge in [0.25, 0.3) is 11.8 Å². The third-order valence-electron chi connectivity index (χ3n) is 10.2. The summed E-state index contributed by atoms with van der Waals surface area (Å²) >= 11 is 0. The van der Waals surface area contributed by atoms with E-state index < -0.39 is 12.0 Å². The highest BCUT2D eigenvalue weighted by Crippen LogP contribution is 2.33. The number of nitrogens with one attached hydrogen (secondary N) is 5. The van der Waals surface area contributed by atoms with Crippen LogP contribution in [0.2, 0.25) is 0 Å².